The molecule has 17 heavy (non-hydrogen) atoms. The number of rotatable bonds is 3. The van der Waals surface area contributed by atoms with Crippen molar-refractivity contribution in [1.82, 2.24) is 0 Å². The van der Waals surface area contributed by atoms with E-state index in [4.69, 9.17) is 5.73 Å². The van der Waals surface area contributed by atoms with Crippen molar-refractivity contribution < 1.29 is 5.11 Å². The number of nitrogens with two attached hydrogens (primary N) is 1. The van der Waals surface area contributed by atoms with Crippen molar-refractivity contribution in [3.8, 4) is 16.9 Å². The van der Waals surface area contributed by atoms with Crippen molar-refractivity contribution in [3.63, 3.8) is 0 Å². The molecule has 2 aromatic rings. The van der Waals surface area contributed by atoms with E-state index in [1.54, 1.807) is 12.1 Å². The summed E-state index contributed by atoms with van der Waals surface area (Å²) in [5.41, 5.74) is 8.98. The first kappa shape index (κ1) is 12.1. The van der Waals surface area contributed by atoms with E-state index < -0.39 is 0 Å². The quantitative estimate of drug-likeness (QED) is 0.911. The number of phenolic OH excluding ortho intramolecular Hbond substituents is 1. The number of aromatic hydroxyl groups is 1. The third-order valence-corrected chi connectivity index (χ3v) is 3.33. The second kappa shape index (κ2) is 5.34. The lowest BCUT2D eigenvalue weighted by atomic mass is 10.0. The predicted molar refractivity (Wildman–Crippen MR) is 74.0 cm³/mol. The Morgan fingerprint density at radius 2 is 1.76 bits per heavy atom. The smallest absolute Gasteiger partial charge is 0.115 e. The standard InChI is InChI=1S/C14H14BrNO/c15-14-6-1-10(7-8-16)9-13(14)11-2-4-12(17)5-3-11/h1-6,9,17H,7-8,16H2. The lowest BCUT2D eigenvalue weighted by Crippen LogP contribution is -2.02. The molecule has 2 rings (SSSR count). The third kappa shape index (κ3) is 2.87. The highest BCUT2D eigenvalue weighted by Crippen LogP contribution is 2.30. The van der Waals surface area contributed by atoms with Crippen LogP contribution in [-0.2, 0) is 6.42 Å². The summed E-state index contributed by atoms with van der Waals surface area (Å²) < 4.78 is 1.05. The van der Waals surface area contributed by atoms with Gasteiger partial charge in [-0.2, -0.15) is 0 Å². The lowest BCUT2D eigenvalue weighted by Gasteiger charge is -2.08. The van der Waals surface area contributed by atoms with Crippen LogP contribution >= 0.6 is 15.9 Å². The summed E-state index contributed by atoms with van der Waals surface area (Å²) in [5.74, 6) is 0.281. The Morgan fingerprint density at radius 3 is 2.41 bits per heavy atom. The number of benzene rings is 2. The Kier molecular flexibility index (Phi) is 3.82. The van der Waals surface area contributed by atoms with Crippen LogP contribution in [0.1, 0.15) is 5.56 Å². The van der Waals surface area contributed by atoms with Gasteiger partial charge in [0.25, 0.3) is 0 Å². The van der Waals surface area contributed by atoms with Crippen LogP contribution in [0.15, 0.2) is 46.9 Å². The fourth-order valence-corrected chi connectivity index (χ4v) is 2.23. The van der Waals surface area contributed by atoms with Gasteiger partial charge in [0.1, 0.15) is 5.75 Å². The largest absolute Gasteiger partial charge is 0.508 e. The maximum Gasteiger partial charge on any atom is 0.115 e. The molecule has 0 heterocycles. The van der Waals surface area contributed by atoms with Crippen LogP contribution in [0.2, 0.25) is 0 Å². The van der Waals surface area contributed by atoms with Gasteiger partial charge in [0.2, 0.25) is 0 Å². The van der Waals surface area contributed by atoms with Gasteiger partial charge in [-0.15, -0.1) is 0 Å². The Morgan fingerprint density at radius 1 is 1.06 bits per heavy atom. The first-order valence-corrected chi connectivity index (χ1v) is 6.28. The fourth-order valence-electron chi connectivity index (χ4n) is 1.76. The molecule has 0 radical (unpaired) electrons. The SMILES string of the molecule is NCCc1ccc(Br)c(-c2ccc(O)cc2)c1. The van der Waals surface area contributed by atoms with Crippen molar-refractivity contribution in [3.05, 3.63) is 52.5 Å². The molecule has 3 N–H and O–H groups in total. The number of hydrogen-bond donors (Lipinski definition) is 2. The average Bonchev–Trinajstić information content (AvgIpc) is 2.33. The van der Waals surface area contributed by atoms with Gasteiger partial charge in [-0.25, -0.2) is 0 Å². The minimum absolute atomic E-state index is 0.281. The number of phenols is 1. The van der Waals surface area contributed by atoms with E-state index >= 15 is 0 Å². The monoisotopic (exact) mass is 291 g/mol. The molecule has 0 saturated carbocycles. The van der Waals surface area contributed by atoms with Crippen LogP contribution in [0.25, 0.3) is 11.1 Å². The molecule has 2 aromatic carbocycles. The fraction of sp³-hybridized carbons (Fsp3) is 0.143. The van der Waals surface area contributed by atoms with E-state index in [2.05, 4.69) is 28.1 Å². The van der Waals surface area contributed by atoms with E-state index in [0.717, 1.165) is 22.0 Å². The topological polar surface area (TPSA) is 46.2 Å². The second-order valence-corrected chi connectivity index (χ2v) is 4.75. The van der Waals surface area contributed by atoms with Gasteiger partial charge in [-0.3, -0.25) is 0 Å². The third-order valence-electron chi connectivity index (χ3n) is 2.64. The normalized spacial score (nSPS) is 10.5. The van der Waals surface area contributed by atoms with Gasteiger partial charge in [-0.05, 0) is 53.9 Å². The second-order valence-electron chi connectivity index (χ2n) is 3.90. The van der Waals surface area contributed by atoms with Crippen LogP contribution in [0.4, 0.5) is 0 Å². The van der Waals surface area contributed by atoms with Crippen molar-refractivity contribution in [1.29, 1.82) is 0 Å². The average molecular weight is 292 g/mol. The molecule has 0 spiro atoms. The van der Waals surface area contributed by atoms with Crippen LogP contribution < -0.4 is 5.73 Å². The van der Waals surface area contributed by atoms with E-state index in [9.17, 15) is 5.11 Å². The van der Waals surface area contributed by atoms with Crippen molar-refractivity contribution in [2.75, 3.05) is 6.54 Å². The van der Waals surface area contributed by atoms with Crippen molar-refractivity contribution in [2.45, 2.75) is 6.42 Å². The molecule has 0 aliphatic heterocycles. The summed E-state index contributed by atoms with van der Waals surface area (Å²) in [6, 6.07) is 13.4. The Hall–Kier alpha value is -1.32. The molecule has 0 unspecified atom stereocenters. The van der Waals surface area contributed by atoms with E-state index in [1.807, 2.05) is 18.2 Å². The highest BCUT2D eigenvalue weighted by molar-refractivity contribution is 9.10. The zero-order valence-corrected chi connectivity index (χ0v) is 10.9. The summed E-state index contributed by atoms with van der Waals surface area (Å²) in [6.07, 6.45) is 0.873. The predicted octanol–water partition coefficient (Wildman–Crippen LogP) is 3.32. The summed E-state index contributed by atoms with van der Waals surface area (Å²) in [4.78, 5) is 0. The van der Waals surface area contributed by atoms with Gasteiger partial charge >= 0.3 is 0 Å². The van der Waals surface area contributed by atoms with Crippen LogP contribution in [0.3, 0.4) is 0 Å². The molecular formula is C14H14BrNO. The van der Waals surface area contributed by atoms with Gasteiger partial charge in [0.05, 0.1) is 0 Å². The van der Waals surface area contributed by atoms with Crippen molar-refractivity contribution >= 4 is 15.9 Å². The first-order valence-electron chi connectivity index (χ1n) is 5.48. The van der Waals surface area contributed by atoms with Crippen molar-refractivity contribution in [2.24, 2.45) is 5.73 Å². The molecule has 0 fully saturated rings. The summed E-state index contributed by atoms with van der Waals surface area (Å²) in [6.45, 7) is 0.649. The first-order chi connectivity index (χ1) is 8.20. The van der Waals surface area contributed by atoms with E-state index in [-0.39, 0.29) is 5.75 Å². The molecule has 0 aliphatic carbocycles. The number of halogens is 1. The molecule has 0 amide bonds. The minimum atomic E-state index is 0.281. The number of hydrogen-bond acceptors (Lipinski definition) is 2. The zero-order valence-electron chi connectivity index (χ0n) is 9.36. The molecule has 2 nitrogen and oxygen atoms in total. The van der Waals surface area contributed by atoms with Crippen LogP contribution in [0, 0.1) is 0 Å². The van der Waals surface area contributed by atoms with Crippen LogP contribution in [0.5, 0.6) is 5.75 Å². The van der Waals surface area contributed by atoms with Gasteiger partial charge < -0.3 is 10.8 Å². The zero-order chi connectivity index (χ0) is 12.3. The summed E-state index contributed by atoms with van der Waals surface area (Å²) in [5, 5.41) is 9.28. The molecular weight excluding hydrogens is 278 g/mol. The summed E-state index contributed by atoms with van der Waals surface area (Å²) in [7, 11) is 0. The Labute approximate surface area is 109 Å². The lowest BCUT2D eigenvalue weighted by molar-refractivity contribution is 0.475. The van der Waals surface area contributed by atoms with E-state index in [0.29, 0.717) is 6.54 Å². The van der Waals surface area contributed by atoms with Gasteiger partial charge in [0, 0.05) is 4.47 Å². The maximum absolute atomic E-state index is 9.28. The molecule has 0 bridgehead atoms. The Bertz CT molecular complexity index is 508. The molecule has 3 heteroatoms. The highest BCUT2D eigenvalue weighted by atomic mass is 79.9. The Balaban J connectivity index is 2.42. The van der Waals surface area contributed by atoms with Gasteiger partial charge in [0.15, 0.2) is 0 Å². The molecule has 88 valence electrons. The van der Waals surface area contributed by atoms with Crippen LogP contribution in [-0.4, -0.2) is 11.7 Å². The molecule has 0 saturated heterocycles. The highest BCUT2D eigenvalue weighted by Gasteiger charge is 2.04. The van der Waals surface area contributed by atoms with Gasteiger partial charge in [-0.1, -0.05) is 34.1 Å². The van der Waals surface area contributed by atoms with E-state index in [1.165, 1.54) is 5.56 Å². The molecule has 0 atom stereocenters. The summed E-state index contributed by atoms with van der Waals surface area (Å²) >= 11 is 3.54. The minimum Gasteiger partial charge on any atom is -0.508 e. The molecule has 0 aromatic heterocycles. The molecule has 0 aliphatic rings. The maximum atomic E-state index is 9.28.